The Morgan fingerprint density at radius 3 is 2.00 bits per heavy atom. The zero-order valence-electron chi connectivity index (χ0n) is 15.8. The van der Waals surface area contributed by atoms with Gasteiger partial charge in [0.1, 0.15) is 0 Å². The Hall–Kier alpha value is -2.86. The average Bonchev–Trinajstić information content (AvgIpc) is 2.70. The third-order valence-corrected chi connectivity index (χ3v) is 4.80. The Balaban J connectivity index is 1.75. The summed E-state index contributed by atoms with van der Waals surface area (Å²) < 4.78 is 0. The maximum Gasteiger partial charge on any atom is -0.000710 e. The van der Waals surface area contributed by atoms with Gasteiger partial charge in [-0.1, -0.05) is 110 Å². The number of hydrogen-bond donors (Lipinski definition) is 0. The molecule has 0 unspecified atom stereocenters. The first kappa shape index (κ1) is 17.9. The lowest BCUT2D eigenvalue weighted by molar-refractivity contribution is 0.967. The highest BCUT2D eigenvalue weighted by Gasteiger charge is 2.03. The monoisotopic (exact) mass is 338 g/mol. The second kappa shape index (κ2) is 8.49. The second-order valence-electron chi connectivity index (χ2n) is 6.75. The van der Waals surface area contributed by atoms with Crippen molar-refractivity contribution in [2.45, 2.75) is 26.7 Å². The van der Waals surface area contributed by atoms with Crippen LogP contribution in [0.4, 0.5) is 0 Å². The molecular formula is C26H26. The maximum atomic E-state index is 2.28. The van der Waals surface area contributed by atoms with Gasteiger partial charge in [-0.15, -0.1) is 0 Å². The van der Waals surface area contributed by atoms with E-state index in [1.54, 1.807) is 0 Å². The standard InChI is InChI=1S/C26H26/c1-4-22(15-12-21(3)23-13-10-20(2)11-14-23)25-16-18-26(19-17-25)24-8-6-5-7-9-24/h4-19,21H,1-3H3/b15-12-,22-4+/t21-/m1/s1. The van der Waals surface area contributed by atoms with E-state index in [-0.39, 0.29) is 0 Å². The van der Waals surface area contributed by atoms with Gasteiger partial charge in [0.15, 0.2) is 0 Å². The van der Waals surface area contributed by atoms with Crippen molar-refractivity contribution in [1.82, 2.24) is 0 Å². The molecule has 26 heavy (non-hydrogen) atoms. The zero-order valence-corrected chi connectivity index (χ0v) is 15.8. The highest BCUT2D eigenvalue weighted by molar-refractivity contribution is 5.76. The van der Waals surface area contributed by atoms with Crippen LogP contribution in [0, 0.1) is 6.92 Å². The van der Waals surface area contributed by atoms with E-state index in [1.807, 2.05) is 0 Å². The molecule has 0 aliphatic rings. The van der Waals surface area contributed by atoms with E-state index in [4.69, 9.17) is 0 Å². The maximum absolute atomic E-state index is 2.28. The number of benzene rings is 3. The zero-order chi connectivity index (χ0) is 18.4. The molecule has 130 valence electrons. The van der Waals surface area contributed by atoms with E-state index in [2.05, 4.69) is 118 Å². The molecule has 0 aromatic heterocycles. The molecule has 3 aromatic carbocycles. The Morgan fingerprint density at radius 1 is 0.769 bits per heavy atom. The molecule has 0 N–H and O–H groups in total. The van der Waals surface area contributed by atoms with Crippen LogP contribution in [-0.2, 0) is 0 Å². The SMILES string of the molecule is C/C=C(\C=C/[C@@H](C)c1ccc(C)cc1)c1ccc(-c2ccccc2)cc1. The van der Waals surface area contributed by atoms with Crippen molar-refractivity contribution in [2.75, 3.05) is 0 Å². The Bertz CT molecular complexity index is 879. The molecule has 0 saturated carbocycles. The van der Waals surface area contributed by atoms with Crippen LogP contribution in [-0.4, -0.2) is 0 Å². The fourth-order valence-corrected chi connectivity index (χ4v) is 3.07. The summed E-state index contributed by atoms with van der Waals surface area (Å²) in [6.07, 6.45) is 6.70. The average molecular weight is 338 g/mol. The van der Waals surface area contributed by atoms with Crippen LogP contribution in [0.3, 0.4) is 0 Å². The first-order valence-corrected chi connectivity index (χ1v) is 9.24. The van der Waals surface area contributed by atoms with E-state index in [0.29, 0.717) is 5.92 Å². The van der Waals surface area contributed by atoms with Crippen LogP contribution in [0.2, 0.25) is 0 Å². The summed E-state index contributed by atoms with van der Waals surface area (Å²) in [6.45, 7) is 6.47. The molecule has 0 nitrogen and oxygen atoms in total. The minimum atomic E-state index is 0.397. The lowest BCUT2D eigenvalue weighted by atomic mass is 9.96. The van der Waals surface area contributed by atoms with Gasteiger partial charge >= 0.3 is 0 Å². The van der Waals surface area contributed by atoms with Gasteiger partial charge in [0.05, 0.1) is 0 Å². The molecule has 0 radical (unpaired) electrons. The van der Waals surface area contributed by atoms with E-state index in [9.17, 15) is 0 Å². The Labute approximate surface area is 157 Å². The number of aryl methyl sites for hydroxylation is 1. The normalized spacial score (nSPS) is 13.1. The molecular weight excluding hydrogens is 312 g/mol. The minimum Gasteiger partial charge on any atom is -0.0798 e. The Kier molecular flexibility index (Phi) is 5.86. The molecule has 0 saturated heterocycles. The van der Waals surface area contributed by atoms with Crippen LogP contribution in [0.25, 0.3) is 16.7 Å². The molecule has 0 fully saturated rings. The number of hydrogen-bond acceptors (Lipinski definition) is 0. The number of allylic oxidation sites excluding steroid dienone is 4. The quantitative estimate of drug-likeness (QED) is 0.424. The topological polar surface area (TPSA) is 0 Å². The lowest BCUT2D eigenvalue weighted by Gasteiger charge is -2.09. The summed E-state index contributed by atoms with van der Waals surface area (Å²) in [5.41, 5.74) is 7.66. The first-order chi connectivity index (χ1) is 12.7. The molecule has 0 amide bonds. The molecule has 0 heteroatoms. The molecule has 0 heterocycles. The molecule has 1 atom stereocenters. The first-order valence-electron chi connectivity index (χ1n) is 9.24. The lowest BCUT2D eigenvalue weighted by Crippen LogP contribution is -1.90. The van der Waals surface area contributed by atoms with Gasteiger partial charge < -0.3 is 0 Å². The summed E-state index contributed by atoms with van der Waals surface area (Å²) in [5, 5.41) is 0. The molecule has 0 aliphatic carbocycles. The summed E-state index contributed by atoms with van der Waals surface area (Å²) in [6, 6.07) is 28.1. The summed E-state index contributed by atoms with van der Waals surface area (Å²) in [4.78, 5) is 0. The Morgan fingerprint density at radius 2 is 1.38 bits per heavy atom. The van der Waals surface area contributed by atoms with E-state index in [0.717, 1.165) is 0 Å². The van der Waals surface area contributed by atoms with Crippen LogP contribution in [0.15, 0.2) is 97.1 Å². The van der Waals surface area contributed by atoms with Crippen molar-refractivity contribution in [3.05, 3.63) is 114 Å². The van der Waals surface area contributed by atoms with Gasteiger partial charge in [-0.2, -0.15) is 0 Å². The highest BCUT2D eigenvalue weighted by Crippen LogP contribution is 2.24. The van der Waals surface area contributed by atoms with Crippen LogP contribution in [0.5, 0.6) is 0 Å². The fourth-order valence-electron chi connectivity index (χ4n) is 3.07. The predicted octanol–water partition coefficient (Wildman–Crippen LogP) is 7.43. The van der Waals surface area contributed by atoms with Crippen molar-refractivity contribution in [2.24, 2.45) is 0 Å². The smallest absolute Gasteiger partial charge is 0.000710 e. The van der Waals surface area contributed by atoms with Gasteiger partial charge in [0, 0.05) is 0 Å². The third kappa shape index (κ3) is 4.40. The molecule has 0 bridgehead atoms. The van der Waals surface area contributed by atoms with E-state index >= 15 is 0 Å². The highest BCUT2D eigenvalue weighted by atomic mass is 14.1. The predicted molar refractivity (Wildman–Crippen MR) is 114 cm³/mol. The van der Waals surface area contributed by atoms with Crippen LogP contribution < -0.4 is 0 Å². The summed E-state index contributed by atoms with van der Waals surface area (Å²) >= 11 is 0. The van der Waals surface area contributed by atoms with Gasteiger partial charge in [-0.25, -0.2) is 0 Å². The molecule has 0 spiro atoms. The summed E-state index contributed by atoms with van der Waals surface area (Å²) in [7, 11) is 0. The minimum absolute atomic E-state index is 0.397. The van der Waals surface area contributed by atoms with Crippen molar-refractivity contribution in [1.29, 1.82) is 0 Å². The molecule has 0 aliphatic heterocycles. The van der Waals surface area contributed by atoms with Crippen molar-refractivity contribution in [3.63, 3.8) is 0 Å². The van der Waals surface area contributed by atoms with E-state index < -0.39 is 0 Å². The van der Waals surface area contributed by atoms with Crippen molar-refractivity contribution >= 4 is 5.57 Å². The van der Waals surface area contributed by atoms with Gasteiger partial charge in [0.2, 0.25) is 0 Å². The third-order valence-electron chi connectivity index (χ3n) is 4.80. The second-order valence-corrected chi connectivity index (χ2v) is 6.75. The summed E-state index contributed by atoms with van der Waals surface area (Å²) in [5.74, 6) is 0.397. The van der Waals surface area contributed by atoms with Gasteiger partial charge in [0.25, 0.3) is 0 Å². The van der Waals surface area contributed by atoms with Crippen molar-refractivity contribution in [3.8, 4) is 11.1 Å². The van der Waals surface area contributed by atoms with E-state index in [1.165, 1.54) is 33.4 Å². The van der Waals surface area contributed by atoms with Gasteiger partial charge in [-0.05, 0) is 47.6 Å². The molecule has 3 aromatic rings. The van der Waals surface area contributed by atoms with Crippen molar-refractivity contribution < 1.29 is 0 Å². The van der Waals surface area contributed by atoms with Crippen LogP contribution in [0.1, 0.15) is 36.5 Å². The van der Waals surface area contributed by atoms with Gasteiger partial charge in [-0.3, -0.25) is 0 Å². The fraction of sp³-hybridized carbons (Fsp3) is 0.154. The number of rotatable bonds is 5. The largest absolute Gasteiger partial charge is 0.0798 e. The molecule has 3 rings (SSSR count). The van der Waals surface area contributed by atoms with Crippen LogP contribution >= 0.6 is 0 Å².